The third kappa shape index (κ3) is 3.82. The molecule has 1 N–H and O–H groups in total. The van der Waals surface area contributed by atoms with Crippen molar-refractivity contribution in [3.63, 3.8) is 0 Å². The number of hydrogen-bond donors (Lipinski definition) is 1. The van der Waals surface area contributed by atoms with Gasteiger partial charge in [0, 0.05) is 38.8 Å². The Morgan fingerprint density at radius 3 is 2.62 bits per heavy atom. The molecule has 1 aromatic carbocycles. The van der Waals surface area contributed by atoms with E-state index in [2.05, 4.69) is 27.3 Å². The van der Waals surface area contributed by atoms with E-state index in [0.29, 0.717) is 0 Å². The van der Waals surface area contributed by atoms with E-state index in [4.69, 9.17) is 5.26 Å². The first kappa shape index (κ1) is 14.5. The maximum absolute atomic E-state index is 8.97. The second kappa shape index (κ2) is 7.04. The lowest BCUT2D eigenvalue weighted by Gasteiger charge is -2.40. The molecule has 0 amide bonds. The van der Waals surface area contributed by atoms with Crippen LogP contribution in [0.1, 0.15) is 24.0 Å². The highest BCUT2D eigenvalue weighted by molar-refractivity contribution is 5.32. The molecule has 112 valence electrons. The molecule has 0 atom stereocenters. The van der Waals surface area contributed by atoms with Crippen LogP contribution in [-0.4, -0.2) is 55.1 Å². The number of piperidine rings is 1. The van der Waals surface area contributed by atoms with Crippen LogP contribution >= 0.6 is 0 Å². The highest BCUT2D eigenvalue weighted by atomic mass is 15.2. The van der Waals surface area contributed by atoms with Crippen molar-refractivity contribution in [1.29, 1.82) is 5.26 Å². The largest absolute Gasteiger partial charge is 0.314 e. The summed E-state index contributed by atoms with van der Waals surface area (Å²) < 4.78 is 0. The van der Waals surface area contributed by atoms with Crippen molar-refractivity contribution >= 4 is 0 Å². The molecule has 0 radical (unpaired) electrons. The first-order chi connectivity index (χ1) is 10.3. The average molecular weight is 284 g/mol. The maximum Gasteiger partial charge on any atom is 0.0991 e. The summed E-state index contributed by atoms with van der Waals surface area (Å²) in [5.41, 5.74) is 2.03. The summed E-state index contributed by atoms with van der Waals surface area (Å²) in [5.74, 6) is 0. The van der Waals surface area contributed by atoms with Crippen LogP contribution in [0.3, 0.4) is 0 Å². The van der Waals surface area contributed by atoms with Crippen LogP contribution in [0, 0.1) is 11.3 Å². The number of nitrogens with one attached hydrogen (secondary N) is 1. The van der Waals surface area contributed by atoms with Gasteiger partial charge < -0.3 is 5.32 Å². The molecule has 21 heavy (non-hydrogen) atoms. The lowest BCUT2D eigenvalue weighted by molar-refractivity contribution is 0.0948. The Morgan fingerprint density at radius 2 is 1.90 bits per heavy atom. The van der Waals surface area contributed by atoms with Crippen LogP contribution in [0.15, 0.2) is 24.3 Å². The molecule has 4 nitrogen and oxygen atoms in total. The van der Waals surface area contributed by atoms with E-state index in [1.54, 1.807) is 0 Å². The van der Waals surface area contributed by atoms with Crippen LogP contribution < -0.4 is 5.32 Å². The molecule has 2 saturated heterocycles. The number of likely N-dealkylation sites (tertiary alicyclic amines) is 1. The Labute approximate surface area is 127 Å². The molecule has 0 bridgehead atoms. The van der Waals surface area contributed by atoms with Crippen LogP contribution in [-0.2, 0) is 6.54 Å². The van der Waals surface area contributed by atoms with Crippen molar-refractivity contribution in [3.8, 4) is 6.07 Å². The molecule has 0 aliphatic carbocycles. The van der Waals surface area contributed by atoms with E-state index >= 15 is 0 Å². The summed E-state index contributed by atoms with van der Waals surface area (Å²) in [6.45, 7) is 8.01. The van der Waals surface area contributed by atoms with E-state index in [1.165, 1.54) is 44.6 Å². The zero-order chi connectivity index (χ0) is 14.5. The third-order valence-electron chi connectivity index (χ3n) is 4.69. The van der Waals surface area contributed by atoms with E-state index in [1.807, 2.05) is 18.2 Å². The SMILES string of the molecule is N#Cc1cccc(CN2CCC(N3CCNCC3)CC2)c1. The first-order valence-corrected chi connectivity index (χ1v) is 8.01. The normalized spacial score (nSPS) is 22.0. The average Bonchev–Trinajstić information content (AvgIpc) is 2.56. The predicted octanol–water partition coefficient (Wildman–Crippen LogP) is 1.43. The Hall–Kier alpha value is -1.41. The van der Waals surface area contributed by atoms with Crippen molar-refractivity contribution in [2.45, 2.75) is 25.4 Å². The second-order valence-electron chi connectivity index (χ2n) is 6.11. The van der Waals surface area contributed by atoms with Gasteiger partial charge in [-0.15, -0.1) is 0 Å². The van der Waals surface area contributed by atoms with Gasteiger partial charge in [-0.2, -0.15) is 5.26 Å². The van der Waals surface area contributed by atoms with Gasteiger partial charge in [0.15, 0.2) is 0 Å². The fraction of sp³-hybridized carbons (Fsp3) is 0.588. The number of piperazine rings is 1. The Morgan fingerprint density at radius 1 is 1.14 bits per heavy atom. The maximum atomic E-state index is 8.97. The van der Waals surface area contributed by atoms with Gasteiger partial charge in [0.25, 0.3) is 0 Å². The monoisotopic (exact) mass is 284 g/mol. The van der Waals surface area contributed by atoms with Gasteiger partial charge in [-0.1, -0.05) is 12.1 Å². The quantitative estimate of drug-likeness (QED) is 0.912. The Balaban J connectivity index is 1.50. The highest BCUT2D eigenvalue weighted by Gasteiger charge is 2.25. The van der Waals surface area contributed by atoms with Gasteiger partial charge in [0.05, 0.1) is 11.6 Å². The Bertz CT molecular complexity index is 494. The van der Waals surface area contributed by atoms with Gasteiger partial charge >= 0.3 is 0 Å². The molecule has 0 unspecified atom stereocenters. The number of benzene rings is 1. The van der Waals surface area contributed by atoms with Crippen molar-refractivity contribution in [2.75, 3.05) is 39.3 Å². The third-order valence-corrected chi connectivity index (χ3v) is 4.69. The predicted molar refractivity (Wildman–Crippen MR) is 83.9 cm³/mol. The summed E-state index contributed by atoms with van der Waals surface area (Å²) in [7, 11) is 0. The molecule has 3 rings (SSSR count). The molecule has 2 fully saturated rings. The summed E-state index contributed by atoms with van der Waals surface area (Å²) in [6.07, 6.45) is 2.55. The lowest BCUT2D eigenvalue weighted by atomic mass is 10.0. The molecule has 1 aromatic rings. The minimum absolute atomic E-state index is 0.767. The molecular weight excluding hydrogens is 260 g/mol. The molecule has 4 heteroatoms. The molecule has 2 aliphatic heterocycles. The van der Waals surface area contributed by atoms with Gasteiger partial charge in [-0.05, 0) is 43.6 Å². The molecule has 0 saturated carbocycles. The Kier molecular flexibility index (Phi) is 4.87. The molecule has 2 heterocycles. The summed E-state index contributed by atoms with van der Waals surface area (Å²) in [6, 6.07) is 11.0. The van der Waals surface area contributed by atoms with Crippen molar-refractivity contribution in [3.05, 3.63) is 35.4 Å². The number of nitrogens with zero attached hydrogens (tertiary/aromatic N) is 3. The van der Waals surface area contributed by atoms with Gasteiger partial charge in [0.1, 0.15) is 0 Å². The number of rotatable bonds is 3. The minimum atomic E-state index is 0.767. The smallest absolute Gasteiger partial charge is 0.0991 e. The molecular formula is C17H24N4. The number of nitriles is 1. The summed E-state index contributed by atoms with van der Waals surface area (Å²) >= 11 is 0. The minimum Gasteiger partial charge on any atom is -0.314 e. The van der Waals surface area contributed by atoms with Gasteiger partial charge in [-0.3, -0.25) is 9.80 Å². The fourth-order valence-electron chi connectivity index (χ4n) is 3.49. The first-order valence-electron chi connectivity index (χ1n) is 8.01. The van der Waals surface area contributed by atoms with Gasteiger partial charge in [-0.25, -0.2) is 0 Å². The summed E-state index contributed by atoms with van der Waals surface area (Å²) in [4.78, 5) is 5.18. The topological polar surface area (TPSA) is 42.3 Å². The second-order valence-corrected chi connectivity index (χ2v) is 6.11. The number of hydrogen-bond acceptors (Lipinski definition) is 4. The zero-order valence-corrected chi connectivity index (χ0v) is 12.6. The van der Waals surface area contributed by atoms with Crippen LogP contribution in [0.4, 0.5) is 0 Å². The lowest BCUT2D eigenvalue weighted by Crippen LogP contribution is -2.51. The molecule has 0 aromatic heterocycles. The van der Waals surface area contributed by atoms with E-state index in [0.717, 1.165) is 31.2 Å². The van der Waals surface area contributed by atoms with Crippen molar-refractivity contribution in [1.82, 2.24) is 15.1 Å². The van der Waals surface area contributed by atoms with Crippen LogP contribution in [0.5, 0.6) is 0 Å². The van der Waals surface area contributed by atoms with E-state index in [9.17, 15) is 0 Å². The zero-order valence-electron chi connectivity index (χ0n) is 12.6. The molecule has 0 spiro atoms. The van der Waals surface area contributed by atoms with Crippen molar-refractivity contribution in [2.24, 2.45) is 0 Å². The van der Waals surface area contributed by atoms with E-state index in [-0.39, 0.29) is 0 Å². The van der Waals surface area contributed by atoms with Crippen LogP contribution in [0.2, 0.25) is 0 Å². The van der Waals surface area contributed by atoms with Crippen molar-refractivity contribution < 1.29 is 0 Å². The van der Waals surface area contributed by atoms with Crippen LogP contribution in [0.25, 0.3) is 0 Å². The fourth-order valence-corrected chi connectivity index (χ4v) is 3.49. The van der Waals surface area contributed by atoms with Gasteiger partial charge in [0.2, 0.25) is 0 Å². The van der Waals surface area contributed by atoms with E-state index < -0.39 is 0 Å². The summed E-state index contributed by atoms with van der Waals surface area (Å²) in [5, 5.41) is 12.4. The highest BCUT2D eigenvalue weighted by Crippen LogP contribution is 2.19. The molecule has 2 aliphatic rings. The standard InChI is InChI=1S/C17H24N4/c18-13-15-2-1-3-16(12-15)14-20-8-4-17(5-9-20)21-10-6-19-7-11-21/h1-3,12,17,19H,4-11,14H2.